The third-order valence-electron chi connectivity index (χ3n) is 2.07. The SMILES string of the molecule is COCCNS(=O)(=O)c1ccc(S(=O)(=O)Cl)cc1F. The van der Waals surface area contributed by atoms with Crippen LogP contribution in [-0.4, -0.2) is 37.1 Å². The first-order valence-corrected chi connectivity index (χ1v) is 8.70. The molecule has 1 N–H and O–H groups in total. The fourth-order valence-electron chi connectivity index (χ4n) is 1.21. The Labute approximate surface area is 115 Å². The fourth-order valence-corrected chi connectivity index (χ4v) is 3.04. The van der Waals surface area contributed by atoms with E-state index in [1.54, 1.807) is 0 Å². The predicted molar refractivity (Wildman–Crippen MR) is 66.5 cm³/mol. The average Bonchev–Trinajstić information content (AvgIpc) is 2.27. The van der Waals surface area contributed by atoms with Crippen molar-refractivity contribution in [2.24, 2.45) is 0 Å². The average molecular weight is 332 g/mol. The lowest BCUT2D eigenvalue weighted by Crippen LogP contribution is -2.28. The Balaban J connectivity index is 3.09. The molecule has 0 aliphatic rings. The number of methoxy groups -OCH3 is 1. The standard InChI is InChI=1S/C9H11ClFNO5S2/c1-17-5-4-12-19(15,16)9-3-2-7(6-8(9)11)18(10,13)14/h2-3,6,12H,4-5H2,1H3. The van der Waals surface area contributed by atoms with Gasteiger partial charge in [-0.3, -0.25) is 0 Å². The van der Waals surface area contributed by atoms with Gasteiger partial charge in [0.2, 0.25) is 10.0 Å². The molecule has 0 atom stereocenters. The summed E-state index contributed by atoms with van der Waals surface area (Å²) in [5, 5.41) is 0. The van der Waals surface area contributed by atoms with Gasteiger partial charge in [0.15, 0.2) is 0 Å². The molecular weight excluding hydrogens is 321 g/mol. The van der Waals surface area contributed by atoms with E-state index in [1.807, 2.05) is 0 Å². The summed E-state index contributed by atoms with van der Waals surface area (Å²) in [6.45, 7) is 0.0861. The van der Waals surface area contributed by atoms with Crippen LogP contribution in [0.5, 0.6) is 0 Å². The van der Waals surface area contributed by atoms with Gasteiger partial charge in [-0.2, -0.15) is 0 Å². The molecule has 0 bridgehead atoms. The summed E-state index contributed by atoms with van der Waals surface area (Å²) in [7, 11) is -1.77. The zero-order valence-electron chi connectivity index (χ0n) is 9.76. The van der Waals surface area contributed by atoms with Gasteiger partial charge in [-0.1, -0.05) is 0 Å². The smallest absolute Gasteiger partial charge is 0.261 e. The van der Waals surface area contributed by atoms with E-state index in [2.05, 4.69) is 9.46 Å². The molecule has 0 spiro atoms. The molecule has 0 aliphatic carbocycles. The van der Waals surface area contributed by atoms with Gasteiger partial charge in [-0.25, -0.2) is 25.9 Å². The molecule has 108 valence electrons. The Hall–Kier alpha value is -0.740. The van der Waals surface area contributed by atoms with Crippen LogP contribution in [0.4, 0.5) is 4.39 Å². The monoisotopic (exact) mass is 331 g/mol. The van der Waals surface area contributed by atoms with Gasteiger partial charge in [0.05, 0.1) is 11.5 Å². The quantitative estimate of drug-likeness (QED) is 0.611. The highest BCUT2D eigenvalue weighted by molar-refractivity contribution is 8.13. The molecule has 1 aromatic carbocycles. The summed E-state index contributed by atoms with van der Waals surface area (Å²) >= 11 is 0. The molecule has 0 amide bonds. The predicted octanol–water partition coefficient (Wildman–Crippen LogP) is 0.678. The minimum atomic E-state index is -4.11. The third kappa shape index (κ3) is 4.39. The van der Waals surface area contributed by atoms with E-state index in [-0.39, 0.29) is 13.2 Å². The molecule has 0 fully saturated rings. The lowest BCUT2D eigenvalue weighted by molar-refractivity contribution is 0.204. The van der Waals surface area contributed by atoms with Crippen LogP contribution < -0.4 is 4.72 Å². The van der Waals surface area contributed by atoms with Gasteiger partial charge in [0.1, 0.15) is 10.7 Å². The zero-order valence-corrected chi connectivity index (χ0v) is 12.1. The van der Waals surface area contributed by atoms with Crippen molar-refractivity contribution < 1.29 is 26.0 Å². The van der Waals surface area contributed by atoms with Gasteiger partial charge >= 0.3 is 0 Å². The van der Waals surface area contributed by atoms with E-state index in [9.17, 15) is 21.2 Å². The minimum Gasteiger partial charge on any atom is -0.383 e. The van der Waals surface area contributed by atoms with Gasteiger partial charge in [-0.15, -0.1) is 0 Å². The van der Waals surface area contributed by atoms with E-state index < -0.39 is 34.7 Å². The molecule has 0 heterocycles. The number of benzene rings is 1. The first-order valence-electron chi connectivity index (χ1n) is 4.91. The Morgan fingerprint density at radius 3 is 2.42 bits per heavy atom. The van der Waals surface area contributed by atoms with Crippen LogP contribution in [0.25, 0.3) is 0 Å². The third-order valence-corrected chi connectivity index (χ3v) is 4.92. The van der Waals surface area contributed by atoms with Crippen molar-refractivity contribution in [1.29, 1.82) is 0 Å². The van der Waals surface area contributed by atoms with Crippen molar-refractivity contribution in [2.45, 2.75) is 9.79 Å². The second-order valence-electron chi connectivity index (χ2n) is 3.42. The van der Waals surface area contributed by atoms with Crippen LogP contribution in [0.2, 0.25) is 0 Å². The summed E-state index contributed by atoms with van der Waals surface area (Å²) in [4.78, 5) is -1.17. The van der Waals surface area contributed by atoms with E-state index in [4.69, 9.17) is 10.7 Å². The maximum Gasteiger partial charge on any atom is 0.261 e. The van der Waals surface area contributed by atoms with Crippen LogP contribution in [0.1, 0.15) is 0 Å². The molecule has 0 aliphatic heterocycles. The van der Waals surface area contributed by atoms with Crippen LogP contribution in [0, 0.1) is 5.82 Å². The summed E-state index contributed by atoms with van der Waals surface area (Å²) in [6.07, 6.45) is 0. The van der Waals surface area contributed by atoms with Crippen LogP contribution in [0.15, 0.2) is 28.0 Å². The van der Waals surface area contributed by atoms with Gasteiger partial charge in [-0.05, 0) is 18.2 Å². The Kier molecular flexibility index (Phi) is 5.27. The summed E-state index contributed by atoms with van der Waals surface area (Å²) < 4.78 is 65.7. The molecule has 0 radical (unpaired) electrons. The number of rotatable bonds is 6. The minimum absolute atomic E-state index is 0.0339. The molecule has 19 heavy (non-hydrogen) atoms. The summed E-state index contributed by atoms with van der Waals surface area (Å²) in [5.41, 5.74) is 0. The number of nitrogens with one attached hydrogen (secondary N) is 1. The zero-order chi connectivity index (χ0) is 14.7. The van der Waals surface area contributed by atoms with Gasteiger partial charge < -0.3 is 4.74 Å². The van der Waals surface area contributed by atoms with Crippen LogP contribution >= 0.6 is 10.7 Å². The molecule has 1 rings (SSSR count). The van der Waals surface area contributed by atoms with Crippen LogP contribution in [0.3, 0.4) is 0 Å². The van der Waals surface area contributed by atoms with E-state index in [0.717, 1.165) is 12.1 Å². The van der Waals surface area contributed by atoms with Gasteiger partial charge in [0, 0.05) is 24.3 Å². The number of sulfonamides is 1. The highest BCUT2D eigenvalue weighted by atomic mass is 35.7. The van der Waals surface area contributed by atoms with Crippen molar-refractivity contribution in [3.05, 3.63) is 24.0 Å². The largest absolute Gasteiger partial charge is 0.383 e. The molecule has 0 unspecified atom stereocenters. The van der Waals surface area contributed by atoms with Crippen molar-refractivity contribution in [3.8, 4) is 0 Å². The second kappa shape index (κ2) is 6.14. The van der Waals surface area contributed by atoms with Crippen molar-refractivity contribution in [3.63, 3.8) is 0 Å². The number of hydrogen-bond donors (Lipinski definition) is 1. The van der Waals surface area contributed by atoms with E-state index in [0.29, 0.717) is 6.07 Å². The fraction of sp³-hybridized carbons (Fsp3) is 0.333. The molecule has 6 nitrogen and oxygen atoms in total. The topological polar surface area (TPSA) is 89.5 Å². The molecule has 10 heteroatoms. The Morgan fingerprint density at radius 2 is 1.95 bits per heavy atom. The summed E-state index contributed by atoms with van der Waals surface area (Å²) in [6, 6.07) is 2.29. The molecule has 0 saturated carbocycles. The van der Waals surface area contributed by atoms with Gasteiger partial charge in [0.25, 0.3) is 9.05 Å². The molecular formula is C9H11ClFNO5S2. The number of ether oxygens (including phenoxy) is 1. The van der Waals surface area contributed by atoms with Crippen molar-refractivity contribution in [1.82, 2.24) is 4.72 Å². The first kappa shape index (κ1) is 16.3. The Morgan fingerprint density at radius 1 is 1.32 bits per heavy atom. The number of halogens is 2. The highest BCUT2D eigenvalue weighted by Gasteiger charge is 2.21. The molecule has 0 aromatic heterocycles. The van der Waals surface area contributed by atoms with Crippen LogP contribution in [-0.2, 0) is 23.8 Å². The lowest BCUT2D eigenvalue weighted by atomic mass is 10.3. The normalized spacial score (nSPS) is 12.6. The van der Waals surface area contributed by atoms with E-state index in [1.165, 1.54) is 7.11 Å². The molecule has 1 aromatic rings. The summed E-state index contributed by atoms with van der Waals surface area (Å²) in [5.74, 6) is -1.20. The Bertz CT molecular complexity index is 659. The van der Waals surface area contributed by atoms with E-state index >= 15 is 0 Å². The lowest BCUT2D eigenvalue weighted by Gasteiger charge is -2.07. The van der Waals surface area contributed by atoms with Crippen molar-refractivity contribution in [2.75, 3.05) is 20.3 Å². The second-order valence-corrected chi connectivity index (χ2v) is 7.72. The number of hydrogen-bond acceptors (Lipinski definition) is 5. The maximum atomic E-state index is 13.6. The molecule has 0 saturated heterocycles. The first-order chi connectivity index (χ1) is 8.68. The maximum absolute atomic E-state index is 13.6. The van der Waals surface area contributed by atoms with Crippen molar-refractivity contribution >= 4 is 29.8 Å². The highest BCUT2D eigenvalue weighted by Crippen LogP contribution is 2.21.